The number of esters is 1. The Morgan fingerprint density at radius 2 is 2.18 bits per heavy atom. The average molecular weight is 344 g/mol. The molecule has 22 heavy (non-hydrogen) atoms. The summed E-state index contributed by atoms with van der Waals surface area (Å²) in [5, 5.41) is 3.90. The largest absolute Gasteiger partial charge is 0.418 e. The Morgan fingerprint density at radius 1 is 1.45 bits per heavy atom. The predicted molar refractivity (Wildman–Crippen MR) is 79.2 cm³/mol. The second kappa shape index (κ2) is 5.89. The Labute approximate surface area is 136 Å². The molecule has 3 rings (SSSR count). The van der Waals surface area contributed by atoms with Crippen LogP contribution in [-0.4, -0.2) is 11.1 Å². The average Bonchev–Trinajstić information content (AvgIpc) is 3.18. The Bertz CT molecular complexity index is 741. The monoisotopic (exact) mass is 343 g/mol. The van der Waals surface area contributed by atoms with Crippen molar-refractivity contribution in [2.24, 2.45) is 0 Å². The summed E-state index contributed by atoms with van der Waals surface area (Å²) in [6, 6.07) is 1.40. The van der Waals surface area contributed by atoms with E-state index in [1.807, 2.05) is 6.92 Å². The van der Waals surface area contributed by atoms with E-state index in [1.54, 1.807) is 0 Å². The van der Waals surface area contributed by atoms with Crippen LogP contribution in [0.3, 0.4) is 0 Å². The molecule has 0 amide bonds. The molecular formula is C15H12Cl2FNO3. The number of carbonyl (C=O) groups is 1. The summed E-state index contributed by atoms with van der Waals surface area (Å²) < 4.78 is 24.5. The Balaban J connectivity index is 1.95. The molecule has 1 aliphatic rings. The van der Waals surface area contributed by atoms with E-state index in [1.165, 1.54) is 12.3 Å². The Kier molecular flexibility index (Phi) is 4.10. The van der Waals surface area contributed by atoms with Crippen molar-refractivity contribution in [1.29, 1.82) is 0 Å². The van der Waals surface area contributed by atoms with Crippen molar-refractivity contribution in [1.82, 2.24) is 5.16 Å². The summed E-state index contributed by atoms with van der Waals surface area (Å²) in [5.41, 5.74) is 0.952. The van der Waals surface area contributed by atoms with Crippen LogP contribution in [0.4, 0.5) is 4.39 Å². The molecule has 1 saturated carbocycles. The molecule has 116 valence electrons. The minimum atomic E-state index is -0.761. The van der Waals surface area contributed by atoms with Gasteiger partial charge in [0.2, 0.25) is 0 Å². The van der Waals surface area contributed by atoms with Crippen molar-refractivity contribution in [2.75, 3.05) is 0 Å². The highest BCUT2D eigenvalue weighted by Gasteiger charge is 2.32. The molecule has 1 aromatic carbocycles. The third-order valence-corrected chi connectivity index (χ3v) is 4.14. The summed E-state index contributed by atoms with van der Waals surface area (Å²) in [7, 11) is 0. The molecule has 0 atom stereocenters. The van der Waals surface area contributed by atoms with Crippen LogP contribution in [0, 0.1) is 5.82 Å². The Hall–Kier alpha value is -1.59. The minimum absolute atomic E-state index is 0.0465. The van der Waals surface area contributed by atoms with Gasteiger partial charge in [0, 0.05) is 10.6 Å². The summed E-state index contributed by atoms with van der Waals surface area (Å²) in [4.78, 5) is 12.2. The fraction of sp³-hybridized carbons (Fsp3) is 0.333. The van der Waals surface area contributed by atoms with Gasteiger partial charge < -0.3 is 9.26 Å². The zero-order valence-electron chi connectivity index (χ0n) is 11.7. The smallest absolute Gasteiger partial charge is 0.348 e. The fourth-order valence-electron chi connectivity index (χ4n) is 2.25. The normalized spacial score (nSPS) is 14.2. The van der Waals surface area contributed by atoms with Crippen molar-refractivity contribution in [3.05, 3.63) is 45.0 Å². The van der Waals surface area contributed by atoms with Crippen molar-refractivity contribution in [3.63, 3.8) is 0 Å². The van der Waals surface area contributed by atoms with Crippen LogP contribution in [0.25, 0.3) is 0 Å². The lowest BCUT2D eigenvalue weighted by Gasteiger charge is -2.12. The number of benzene rings is 1. The van der Waals surface area contributed by atoms with Gasteiger partial charge in [-0.05, 0) is 31.2 Å². The summed E-state index contributed by atoms with van der Waals surface area (Å²) >= 11 is 12.0. The number of aromatic nitrogens is 1. The van der Waals surface area contributed by atoms with Gasteiger partial charge >= 0.3 is 5.97 Å². The van der Waals surface area contributed by atoms with Gasteiger partial charge in [-0.1, -0.05) is 35.3 Å². The highest BCUT2D eigenvalue weighted by atomic mass is 35.5. The standard InChI is InChI=1S/C15H12Cl2FNO3/c1-2-11-8(6-21-19-11)15(20)22-14-10(17)5-9(16)12(13(14)18)7-3-4-7/h5-7H,2-4H2,1H3. The molecule has 1 aliphatic carbocycles. The summed E-state index contributed by atoms with van der Waals surface area (Å²) in [6.07, 6.45) is 3.38. The molecule has 2 aromatic rings. The third-order valence-electron chi connectivity index (χ3n) is 3.54. The maximum absolute atomic E-state index is 14.6. The molecule has 1 fully saturated rings. The number of aryl methyl sites for hydroxylation is 1. The first-order valence-corrected chi connectivity index (χ1v) is 7.61. The second-order valence-corrected chi connectivity index (χ2v) is 5.90. The molecule has 4 nitrogen and oxygen atoms in total. The van der Waals surface area contributed by atoms with E-state index in [0.717, 1.165) is 12.8 Å². The van der Waals surface area contributed by atoms with E-state index in [4.69, 9.17) is 32.5 Å². The minimum Gasteiger partial charge on any atom is -0.418 e. The molecule has 0 spiro atoms. The van der Waals surface area contributed by atoms with E-state index >= 15 is 0 Å². The topological polar surface area (TPSA) is 52.3 Å². The SMILES string of the molecule is CCc1nocc1C(=O)Oc1c(Cl)cc(Cl)c(C2CC2)c1F. The van der Waals surface area contributed by atoms with Gasteiger partial charge in [-0.15, -0.1) is 0 Å². The van der Waals surface area contributed by atoms with Crippen LogP contribution in [0.15, 0.2) is 16.9 Å². The molecule has 0 N–H and O–H groups in total. The van der Waals surface area contributed by atoms with Crippen molar-refractivity contribution in [2.45, 2.75) is 32.1 Å². The van der Waals surface area contributed by atoms with E-state index in [0.29, 0.717) is 17.7 Å². The van der Waals surface area contributed by atoms with Gasteiger partial charge in [0.25, 0.3) is 0 Å². The maximum atomic E-state index is 14.6. The van der Waals surface area contributed by atoms with Gasteiger partial charge in [0.15, 0.2) is 11.6 Å². The summed E-state index contributed by atoms with van der Waals surface area (Å²) in [5.74, 6) is -1.68. The zero-order valence-corrected chi connectivity index (χ0v) is 13.2. The first kappa shape index (κ1) is 15.3. The predicted octanol–water partition coefficient (Wildman–Crippen LogP) is 4.78. The molecule has 7 heteroatoms. The molecule has 0 unspecified atom stereocenters. The Morgan fingerprint density at radius 3 is 2.82 bits per heavy atom. The number of nitrogens with zero attached hydrogens (tertiary/aromatic N) is 1. The highest BCUT2D eigenvalue weighted by molar-refractivity contribution is 6.36. The first-order valence-electron chi connectivity index (χ1n) is 6.85. The van der Waals surface area contributed by atoms with Gasteiger partial charge in [0.05, 0.1) is 10.7 Å². The zero-order chi connectivity index (χ0) is 15.9. The quantitative estimate of drug-likeness (QED) is 0.592. The fourth-order valence-corrected chi connectivity index (χ4v) is 2.89. The number of hydrogen-bond acceptors (Lipinski definition) is 4. The lowest BCUT2D eigenvalue weighted by atomic mass is 10.1. The number of hydrogen-bond donors (Lipinski definition) is 0. The van der Waals surface area contributed by atoms with Crippen LogP contribution in [0.2, 0.25) is 10.0 Å². The van der Waals surface area contributed by atoms with Crippen LogP contribution in [0.5, 0.6) is 5.75 Å². The van der Waals surface area contributed by atoms with E-state index in [-0.39, 0.29) is 27.3 Å². The molecule has 1 aromatic heterocycles. The van der Waals surface area contributed by atoms with Gasteiger partial charge in [-0.25, -0.2) is 9.18 Å². The van der Waals surface area contributed by atoms with Crippen LogP contribution in [0.1, 0.15) is 47.3 Å². The molecule has 0 radical (unpaired) electrons. The number of carbonyl (C=O) groups excluding carboxylic acids is 1. The molecule has 0 aliphatic heterocycles. The lowest BCUT2D eigenvalue weighted by molar-refractivity contribution is 0.0726. The van der Waals surface area contributed by atoms with Crippen molar-refractivity contribution in [3.8, 4) is 5.75 Å². The lowest BCUT2D eigenvalue weighted by Crippen LogP contribution is -2.12. The third kappa shape index (κ3) is 2.71. The van der Waals surface area contributed by atoms with Crippen molar-refractivity contribution >= 4 is 29.2 Å². The first-order chi connectivity index (χ1) is 10.5. The molecule has 1 heterocycles. The van der Waals surface area contributed by atoms with Gasteiger partial charge in [-0.2, -0.15) is 0 Å². The van der Waals surface area contributed by atoms with Crippen LogP contribution in [-0.2, 0) is 6.42 Å². The van der Waals surface area contributed by atoms with Crippen molar-refractivity contribution < 1.29 is 18.4 Å². The summed E-state index contributed by atoms with van der Waals surface area (Å²) in [6.45, 7) is 1.82. The molecule has 0 saturated heterocycles. The highest BCUT2D eigenvalue weighted by Crippen LogP contribution is 2.48. The van der Waals surface area contributed by atoms with Crippen LogP contribution >= 0.6 is 23.2 Å². The van der Waals surface area contributed by atoms with E-state index < -0.39 is 11.8 Å². The van der Waals surface area contributed by atoms with Gasteiger partial charge in [0.1, 0.15) is 11.8 Å². The molecule has 0 bridgehead atoms. The second-order valence-electron chi connectivity index (χ2n) is 5.09. The number of halogens is 3. The van der Waals surface area contributed by atoms with E-state index in [9.17, 15) is 9.18 Å². The van der Waals surface area contributed by atoms with E-state index in [2.05, 4.69) is 5.16 Å². The van der Waals surface area contributed by atoms with Gasteiger partial charge in [-0.3, -0.25) is 0 Å². The number of ether oxygens (including phenoxy) is 1. The number of rotatable bonds is 4. The maximum Gasteiger partial charge on any atom is 0.348 e. The van der Waals surface area contributed by atoms with Crippen LogP contribution < -0.4 is 4.74 Å². The molecular weight excluding hydrogens is 332 g/mol.